The number of rotatable bonds is 6. The largest absolute Gasteiger partial charge is 0.497 e. The topological polar surface area (TPSA) is 88.6 Å². The number of hydrogen-bond donors (Lipinski definition) is 2. The summed E-state index contributed by atoms with van der Waals surface area (Å²) in [6, 6.07) is 15.4. The van der Waals surface area contributed by atoms with Gasteiger partial charge < -0.3 is 10.1 Å². The minimum Gasteiger partial charge on any atom is -0.497 e. The minimum atomic E-state index is 0.542. The number of methoxy groups -OCH3 is 1. The number of anilines is 1. The van der Waals surface area contributed by atoms with Gasteiger partial charge in [-0.1, -0.05) is 6.07 Å². The summed E-state index contributed by atoms with van der Waals surface area (Å²) in [4.78, 5) is 13.2. The first-order valence-corrected chi connectivity index (χ1v) is 8.48. The molecule has 0 saturated heterocycles. The molecule has 2 N–H and O–H groups in total. The van der Waals surface area contributed by atoms with Crippen molar-refractivity contribution in [3.05, 3.63) is 72.7 Å². The lowest BCUT2D eigenvalue weighted by molar-refractivity contribution is 0.415. The van der Waals surface area contributed by atoms with Gasteiger partial charge in [0.1, 0.15) is 5.75 Å². The van der Waals surface area contributed by atoms with Crippen LogP contribution < -0.4 is 10.1 Å². The van der Waals surface area contributed by atoms with E-state index >= 15 is 0 Å². The lowest BCUT2D eigenvalue weighted by Crippen LogP contribution is -2.04. The van der Waals surface area contributed by atoms with Crippen molar-refractivity contribution >= 4 is 5.95 Å². The van der Waals surface area contributed by atoms with E-state index in [-0.39, 0.29) is 0 Å². The van der Waals surface area contributed by atoms with Gasteiger partial charge in [0.15, 0.2) is 0 Å². The van der Waals surface area contributed by atoms with Crippen LogP contribution in [-0.2, 0) is 6.54 Å². The first-order valence-electron chi connectivity index (χ1n) is 8.48. The average Bonchev–Trinajstić information content (AvgIpc) is 3.22. The Morgan fingerprint density at radius 3 is 2.63 bits per heavy atom. The van der Waals surface area contributed by atoms with Gasteiger partial charge in [-0.3, -0.25) is 10.1 Å². The number of H-pyrrole nitrogens is 1. The Labute approximate surface area is 156 Å². The van der Waals surface area contributed by atoms with E-state index in [0.29, 0.717) is 12.5 Å². The van der Waals surface area contributed by atoms with E-state index in [2.05, 4.69) is 30.5 Å². The summed E-state index contributed by atoms with van der Waals surface area (Å²) in [5.41, 5.74) is 4.59. The molecular formula is C20H18N6O. The van der Waals surface area contributed by atoms with Gasteiger partial charge in [0, 0.05) is 30.1 Å². The van der Waals surface area contributed by atoms with E-state index in [1.165, 1.54) is 0 Å². The minimum absolute atomic E-state index is 0.542. The second-order valence-corrected chi connectivity index (χ2v) is 5.83. The van der Waals surface area contributed by atoms with Crippen molar-refractivity contribution in [3.63, 3.8) is 0 Å². The van der Waals surface area contributed by atoms with Crippen molar-refractivity contribution in [1.82, 2.24) is 25.1 Å². The SMILES string of the molecule is COc1ccc(-c2[nH]ncc2CNc2nccc(-c3ccccn3)n2)cc1. The standard InChI is InChI=1S/C20H18N6O/c1-27-16-7-5-14(6-8-16)19-15(13-24-26-19)12-23-20-22-11-9-18(25-20)17-4-2-3-10-21-17/h2-11,13H,12H2,1H3,(H,24,26)(H,22,23,25). The van der Waals surface area contributed by atoms with Crippen molar-refractivity contribution in [1.29, 1.82) is 0 Å². The number of benzene rings is 1. The lowest BCUT2D eigenvalue weighted by Gasteiger charge is -2.08. The van der Waals surface area contributed by atoms with Gasteiger partial charge in [0.05, 0.1) is 30.4 Å². The third-order valence-corrected chi connectivity index (χ3v) is 4.12. The van der Waals surface area contributed by atoms with Crippen molar-refractivity contribution in [2.45, 2.75) is 6.54 Å². The molecular weight excluding hydrogens is 340 g/mol. The number of nitrogens with zero attached hydrogens (tertiary/aromatic N) is 4. The van der Waals surface area contributed by atoms with Crippen molar-refractivity contribution in [2.75, 3.05) is 12.4 Å². The van der Waals surface area contributed by atoms with Gasteiger partial charge in [-0.15, -0.1) is 0 Å². The first kappa shape index (κ1) is 16.7. The van der Waals surface area contributed by atoms with Crippen LogP contribution in [-0.4, -0.2) is 32.3 Å². The molecule has 27 heavy (non-hydrogen) atoms. The maximum atomic E-state index is 5.21. The van der Waals surface area contributed by atoms with Crippen LogP contribution >= 0.6 is 0 Å². The zero-order valence-corrected chi connectivity index (χ0v) is 14.8. The molecule has 1 aromatic carbocycles. The molecule has 7 nitrogen and oxygen atoms in total. The van der Waals surface area contributed by atoms with Gasteiger partial charge in [-0.05, 0) is 42.5 Å². The molecule has 0 saturated carbocycles. The van der Waals surface area contributed by atoms with Crippen LogP contribution in [0.15, 0.2) is 67.1 Å². The predicted octanol–water partition coefficient (Wildman–Crippen LogP) is 3.55. The van der Waals surface area contributed by atoms with Gasteiger partial charge >= 0.3 is 0 Å². The number of hydrogen-bond acceptors (Lipinski definition) is 6. The van der Waals surface area contributed by atoms with Crippen LogP contribution in [0.25, 0.3) is 22.6 Å². The molecule has 4 rings (SSSR count). The maximum absolute atomic E-state index is 5.21. The summed E-state index contributed by atoms with van der Waals surface area (Å²) in [5.74, 6) is 1.36. The first-order chi connectivity index (χ1) is 13.3. The molecule has 3 heterocycles. The molecule has 0 atom stereocenters. The van der Waals surface area contributed by atoms with E-state index in [9.17, 15) is 0 Å². The fourth-order valence-corrected chi connectivity index (χ4v) is 2.73. The quantitative estimate of drug-likeness (QED) is 0.548. The normalized spacial score (nSPS) is 10.6. The molecule has 3 aromatic heterocycles. The number of pyridine rings is 1. The van der Waals surface area contributed by atoms with Gasteiger partial charge in [-0.25, -0.2) is 9.97 Å². The Bertz CT molecular complexity index is 1010. The van der Waals surface area contributed by atoms with Gasteiger partial charge in [0.25, 0.3) is 0 Å². The third kappa shape index (κ3) is 3.77. The molecule has 0 radical (unpaired) electrons. The maximum Gasteiger partial charge on any atom is 0.223 e. The molecule has 0 bridgehead atoms. The zero-order chi connectivity index (χ0) is 18.5. The smallest absolute Gasteiger partial charge is 0.223 e. The Morgan fingerprint density at radius 1 is 0.963 bits per heavy atom. The number of nitrogens with one attached hydrogen (secondary N) is 2. The fraction of sp³-hybridized carbons (Fsp3) is 0.100. The van der Waals surface area contributed by atoms with Crippen LogP contribution in [0, 0.1) is 0 Å². The highest BCUT2D eigenvalue weighted by atomic mass is 16.5. The van der Waals surface area contributed by atoms with Crippen LogP contribution in [0.2, 0.25) is 0 Å². The molecule has 7 heteroatoms. The second-order valence-electron chi connectivity index (χ2n) is 5.83. The molecule has 0 unspecified atom stereocenters. The highest BCUT2D eigenvalue weighted by Crippen LogP contribution is 2.24. The summed E-state index contributed by atoms with van der Waals surface area (Å²) in [7, 11) is 1.65. The molecule has 0 aliphatic carbocycles. The second kappa shape index (κ2) is 7.65. The summed E-state index contributed by atoms with van der Waals surface area (Å²) in [6.45, 7) is 0.545. The molecule has 0 fully saturated rings. The van der Waals surface area contributed by atoms with E-state index in [1.807, 2.05) is 48.5 Å². The van der Waals surface area contributed by atoms with E-state index < -0.39 is 0 Å². The predicted molar refractivity (Wildman–Crippen MR) is 103 cm³/mol. The average molecular weight is 358 g/mol. The Balaban J connectivity index is 1.51. The zero-order valence-electron chi connectivity index (χ0n) is 14.8. The van der Waals surface area contributed by atoms with E-state index in [0.717, 1.165) is 34.0 Å². The number of aromatic nitrogens is 5. The van der Waals surface area contributed by atoms with Crippen molar-refractivity contribution in [3.8, 4) is 28.4 Å². The third-order valence-electron chi connectivity index (χ3n) is 4.12. The van der Waals surface area contributed by atoms with Crippen molar-refractivity contribution in [2.24, 2.45) is 0 Å². The van der Waals surface area contributed by atoms with Crippen molar-refractivity contribution < 1.29 is 4.74 Å². The van der Waals surface area contributed by atoms with E-state index in [1.54, 1.807) is 25.7 Å². The highest BCUT2D eigenvalue weighted by molar-refractivity contribution is 5.64. The molecule has 0 amide bonds. The van der Waals surface area contributed by atoms with Gasteiger partial charge in [0.2, 0.25) is 5.95 Å². The summed E-state index contributed by atoms with van der Waals surface area (Å²) < 4.78 is 5.21. The number of aromatic amines is 1. The summed E-state index contributed by atoms with van der Waals surface area (Å²) in [5, 5.41) is 10.5. The molecule has 134 valence electrons. The van der Waals surface area contributed by atoms with Gasteiger partial charge in [-0.2, -0.15) is 5.10 Å². The lowest BCUT2D eigenvalue weighted by atomic mass is 10.1. The molecule has 0 aliphatic rings. The van der Waals surface area contributed by atoms with Crippen LogP contribution in [0.3, 0.4) is 0 Å². The Hall–Kier alpha value is -3.74. The van der Waals surface area contributed by atoms with Crippen LogP contribution in [0.4, 0.5) is 5.95 Å². The molecule has 0 aliphatic heterocycles. The summed E-state index contributed by atoms with van der Waals surface area (Å²) >= 11 is 0. The Kier molecular flexibility index (Phi) is 4.74. The molecule has 4 aromatic rings. The summed E-state index contributed by atoms with van der Waals surface area (Å²) in [6.07, 6.45) is 5.27. The highest BCUT2D eigenvalue weighted by Gasteiger charge is 2.09. The number of ether oxygens (including phenoxy) is 1. The molecule has 0 spiro atoms. The fourth-order valence-electron chi connectivity index (χ4n) is 2.73. The van der Waals surface area contributed by atoms with E-state index in [4.69, 9.17) is 4.74 Å². The van der Waals surface area contributed by atoms with Crippen LogP contribution in [0.5, 0.6) is 5.75 Å². The Morgan fingerprint density at radius 2 is 1.85 bits per heavy atom. The van der Waals surface area contributed by atoms with Crippen LogP contribution in [0.1, 0.15) is 5.56 Å². The monoisotopic (exact) mass is 358 g/mol.